The van der Waals surface area contributed by atoms with Crippen molar-refractivity contribution in [3.05, 3.63) is 0 Å². The number of rotatable bonds is 1. The smallest absolute Gasteiger partial charge is 0.411 e. The molecule has 1 amide bonds. The Balaban J connectivity index is 2.78. The molecular weight excluding hydrogens is 373 g/mol. The molecule has 0 saturated carbocycles. The van der Waals surface area contributed by atoms with E-state index in [0.717, 1.165) is 0 Å². The van der Waals surface area contributed by atoms with E-state index in [1.807, 2.05) is 41.5 Å². The predicted molar refractivity (Wildman–Crippen MR) is 85.0 cm³/mol. The van der Waals surface area contributed by atoms with Gasteiger partial charge in [-0.25, -0.2) is 9.59 Å². The summed E-state index contributed by atoms with van der Waals surface area (Å²) in [6.07, 6.45) is 0.155. The number of alkyl halides is 1. The largest absolute Gasteiger partial charge is 0.458 e. The van der Waals surface area contributed by atoms with Gasteiger partial charge in [0.25, 0.3) is 0 Å². The van der Waals surface area contributed by atoms with Gasteiger partial charge >= 0.3 is 12.1 Å². The van der Waals surface area contributed by atoms with Crippen LogP contribution < -0.4 is 0 Å². The summed E-state index contributed by atoms with van der Waals surface area (Å²) in [5.74, 6) is -0.359. The van der Waals surface area contributed by atoms with Crippen LogP contribution in [0.25, 0.3) is 0 Å². The highest BCUT2D eigenvalue weighted by atomic mass is 127. The molecule has 116 valence electrons. The third-order valence-corrected chi connectivity index (χ3v) is 3.46. The summed E-state index contributed by atoms with van der Waals surface area (Å²) < 4.78 is 11.0. The van der Waals surface area contributed by atoms with Crippen LogP contribution in [-0.2, 0) is 14.3 Å². The molecule has 0 aliphatic carbocycles. The number of carbonyl (C=O) groups excluding carboxylic acids is 2. The molecule has 1 aliphatic heterocycles. The predicted octanol–water partition coefficient (Wildman–Crippen LogP) is 3.14. The van der Waals surface area contributed by atoms with Crippen molar-refractivity contribution in [2.24, 2.45) is 0 Å². The van der Waals surface area contributed by atoms with Crippen LogP contribution in [0.3, 0.4) is 0 Å². The molecule has 1 fully saturated rings. The maximum Gasteiger partial charge on any atom is 0.411 e. The van der Waals surface area contributed by atoms with E-state index in [2.05, 4.69) is 22.6 Å². The van der Waals surface area contributed by atoms with Crippen molar-refractivity contribution in [2.75, 3.05) is 6.54 Å². The van der Waals surface area contributed by atoms with Crippen LogP contribution in [0.5, 0.6) is 0 Å². The molecule has 5 nitrogen and oxygen atoms in total. The highest BCUT2D eigenvalue weighted by Crippen LogP contribution is 2.27. The first-order valence-electron chi connectivity index (χ1n) is 6.75. The van der Waals surface area contributed by atoms with Crippen LogP contribution in [-0.4, -0.2) is 44.7 Å². The number of nitrogens with zero attached hydrogens (tertiary/aromatic N) is 1. The van der Waals surface area contributed by atoms with E-state index in [0.29, 0.717) is 13.0 Å². The van der Waals surface area contributed by atoms with Gasteiger partial charge in [0.15, 0.2) is 0 Å². The standard InChI is InChI=1S/C14H24INO4/c1-13(2,3)19-11(17)10-7-9(15)8-16(10)12(18)20-14(4,5)6/h9-10H,7-8H2,1-6H3/t9?,10-/m0/s1. The maximum absolute atomic E-state index is 12.2. The monoisotopic (exact) mass is 397 g/mol. The number of esters is 1. The fourth-order valence-corrected chi connectivity index (χ4v) is 2.81. The van der Waals surface area contributed by atoms with E-state index in [9.17, 15) is 9.59 Å². The van der Waals surface area contributed by atoms with Crippen molar-refractivity contribution in [1.29, 1.82) is 0 Å². The van der Waals surface area contributed by atoms with Gasteiger partial charge in [-0.15, -0.1) is 0 Å². The molecule has 2 atom stereocenters. The normalized spacial score (nSPS) is 23.6. The second-order valence-corrected chi connectivity index (χ2v) is 8.78. The van der Waals surface area contributed by atoms with E-state index >= 15 is 0 Å². The van der Waals surface area contributed by atoms with Gasteiger partial charge < -0.3 is 9.47 Å². The SMILES string of the molecule is CC(C)(C)OC(=O)[C@@H]1CC(I)CN1C(=O)OC(C)(C)C. The third-order valence-electron chi connectivity index (χ3n) is 2.56. The van der Waals surface area contributed by atoms with Gasteiger partial charge in [0, 0.05) is 10.5 Å². The first-order chi connectivity index (χ1) is 8.89. The molecule has 0 aromatic carbocycles. The summed E-state index contributed by atoms with van der Waals surface area (Å²) in [5, 5.41) is 0. The van der Waals surface area contributed by atoms with Crippen molar-refractivity contribution >= 4 is 34.7 Å². The molecule has 0 bridgehead atoms. The molecule has 1 aliphatic rings. The molecule has 1 saturated heterocycles. The molecule has 1 heterocycles. The first-order valence-corrected chi connectivity index (χ1v) is 8.00. The molecule has 1 unspecified atom stereocenters. The zero-order chi connectivity index (χ0) is 15.7. The number of ether oxygens (including phenoxy) is 2. The summed E-state index contributed by atoms with van der Waals surface area (Å²) in [4.78, 5) is 25.9. The number of likely N-dealkylation sites (tertiary alicyclic amines) is 1. The highest BCUT2D eigenvalue weighted by molar-refractivity contribution is 14.1. The van der Waals surface area contributed by atoms with Crippen molar-refractivity contribution in [3.63, 3.8) is 0 Å². The fraction of sp³-hybridized carbons (Fsp3) is 0.857. The zero-order valence-electron chi connectivity index (χ0n) is 13.0. The quantitative estimate of drug-likeness (QED) is 0.388. The Morgan fingerprint density at radius 3 is 2.00 bits per heavy atom. The maximum atomic E-state index is 12.2. The Morgan fingerprint density at radius 2 is 1.55 bits per heavy atom. The van der Waals surface area contributed by atoms with Crippen LogP contribution in [0.15, 0.2) is 0 Å². The lowest BCUT2D eigenvalue weighted by Gasteiger charge is -2.29. The summed E-state index contributed by atoms with van der Waals surface area (Å²) in [6.45, 7) is 11.4. The lowest BCUT2D eigenvalue weighted by molar-refractivity contribution is -0.160. The number of amides is 1. The molecule has 6 heteroatoms. The van der Waals surface area contributed by atoms with Crippen LogP contribution in [0.4, 0.5) is 4.79 Å². The van der Waals surface area contributed by atoms with Gasteiger partial charge in [0.1, 0.15) is 17.2 Å². The Bertz CT molecular complexity index is 348. The Kier molecular flexibility index (Phi) is 5.32. The van der Waals surface area contributed by atoms with E-state index in [1.165, 1.54) is 4.90 Å². The van der Waals surface area contributed by atoms with E-state index < -0.39 is 23.3 Å². The van der Waals surface area contributed by atoms with Gasteiger partial charge in [-0.1, -0.05) is 22.6 Å². The molecule has 0 spiro atoms. The van der Waals surface area contributed by atoms with Crippen molar-refractivity contribution in [1.82, 2.24) is 4.90 Å². The van der Waals surface area contributed by atoms with Crippen molar-refractivity contribution in [3.8, 4) is 0 Å². The molecule has 0 aromatic heterocycles. The minimum atomic E-state index is -0.571. The zero-order valence-corrected chi connectivity index (χ0v) is 15.2. The minimum Gasteiger partial charge on any atom is -0.458 e. The summed E-state index contributed by atoms with van der Waals surface area (Å²) in [7, 11) is 0. The van der Waals surface area contributed by atoms with Gasteiger partial charge in [0.2, 0.25) is 0 Å². The van der Waals surface area contributed by atoms with Gasteiger partial charge in [-0.05, 0) is 48.0 Å². The summed E-state index contributed by atoms with van der Waals surface area (Å²) >= 11 is 2.25. The average Bonchev–Trinajstić information content (AvgIpc) is 2.55. The first kappa shape index (κ1) is 17.5. The number of hydrogen-bond acceptors (Lipinski definition) is 4. The summed E-state index contributed by atoms with van der Waals surface area (Å²) in [6, 6.07) is -0.550. The second-order valence-electron chi connectivity index (χ2n) is 7.01. The van der Waals surface area contributed by atoms with Gasteiger partial charge in [-0.3, -0.25) is 4.90 Å². The third kappa shape index (κ3) is 5.46. The van der Waals surface area contributed by atoms with E-state index in [1.54, 1.807) is 0 Å². The molecule has 0 N–H and O–H groups in total. The molecule has 0 radical (unpaired) electrons. The minimum absolute atomic E-state index is 0.234. The van der Waals surface area contributed by atoms with Crippen LogP contribution in [0.2, 0.25) is 0 Å². The molecule has 20 heavy (non-hydrogen) atoms. The average molecular weight is 397 g/mol. The van der Waals surface area contributed by atoms with Crippen molar-refractivity contribution < 1.29 is 19.1 Å². The Morgan fingerprint density at radius 1 is 1.05 bits per heavy atom. The Hall–Kier alpha value is -0.530. The van der Waals surface area contributed by atoms with E-state index in [4.69, 9.17) is 9.47 Å². The van der Waals surface area contributed by atoms with Gasteiger partial charge in [-0.2, -0.15) is 0 Å². The Labute approximate surface area is 134 Å². The summed E-state index contributed by atoms with van der Waals surface area (Å²) in [5.41, 5.74) is -1.13. The fourth-order valence-electron chi connectivity index (χ4n) is 1.90. The van der Waals surface area contributed by atoms with Crippen LogP contribution >= 0.6 is 22.6 Å². The topological polar surface area (TPSA) is 55.8 Å². The second kappa shape index (κ2) is 6.07. The number of carbonyl (C=O) groups is 2. The molecular formula is C14H24INO4. The van der Waals surface area contributed by atoms with Crippen LogP contribution in [0.1, 0.15) is 48.0 Å². The van der Waals surface area contributed by atoms with E-state index in [-0.39, 0.29) is 9.89 Å². The van der Waals surface area contributed by atoms with Crippen molar-refractivity contribution in [2.45, 2.75) is 69.1 Å². The van der Waals surface area contributed by atoms with Crippen LogP contribution in [0, 0.1) is 0 Å². The number of halogens is 1. The van der Waals surface area contributed by atoms with Gasteiger partial charge in [0.05, 0.1) is 0 Å². The highest BCUT2D eigenvalue weighted by Gasteiger charge is 2.42. The molecule has 0 aromatic rings. The lowest BCUT2D eigenvalue weighted by Crippen LogP contribution is -2.45. The molecule has 1 rings (SSSR count). The lowest BCUT2D eigenvalue weighted by atomic mass is 10.1. The number of hydrogen-bond donors (Lipinski definition) is 0.